The number of halogens is 1. The molecule has 0 radical (unpaired) electrons. The highest BCUT2D eigenvalue weighted by Crippen LogP contribution is 2.25. The molecule has 2 aromatic carbocycles. The average Bonchev–Trinajstić information content (AvgIpc) is 3.20. The van der Waals surface area contributed by atoms with Crippen LogP contribution < -0.4 is 5.32 Å². The zero-order valence-electron chi connectivity index (χ0n) is 16.8. The Morgan fingerprint density at radius 2 is 1.87 bits per heavy atom. The number of nitrogens with one attached hydrogen (secondary N) is 1. The first-order valence-corrected chi connectivity index (χ1v) is 12.3. The van der Waals surface area contributed by atoms with Crippen molar-refractivity contribution in [2.75, 3.05) is 20.6 Å². The number of carbonyl (C=O) groups excluding carboxylic acids is 2. The second-order valence-electron chi connectivity index (χ2n) is 6.85. The van der Waals surface area contributed by atoms with Gasteiger partial charge in [-0.05, 0) is 30.3 Å². The van der Waals surface area contributed by atoms with E-state index < -0.39 is 15.9 Å². The topological polar surface area (TPSA) is 96.4 Å². The van der Waals surface area contributed by atoms with Crippen molar-refractivity contribution in [2.24, 2.45) is 0 Å². The van der Waals surface area contributed by atoms with Gasteiger partial charge >= 0.3 is 0 Å². The minimum atomic E-state index is -3.65. The zero-order chi connectivity index (χ0) is 22.6. The van der Waals surface area contributed by atoms with E-state index in [0.717, 1.165) is 20.0 Å². The second-order valence-corrected chi connectivity index (χ2v) is 10.9. The number of rotatable bonds is 8. The summed E-state index contributed by atoms with van der Waals surface area (Å²) in [5.41, 5.74) is 1.91. The number of carbonyl (C=O) groups is 2. The van der Waals surface area contributed by atoms with Crippen molar-refractivity contribution >= 4 is 49.0 Å². The van der Waals surface area contributed by atoms with E-state index in [1.807, 2.05) is 29.6 Å². The van der Waals surface area contributed by atoms with Crippen LogP contribution in [0.25, 0.3) is 11.3 Å². The third-order valence-electron chi connectivity index (χ3n) is 4.34. The molecule has 162 valence electrons. The predicted molar refractivity (Wildman–Crippen MR) is 124 cm³/mol. The number of aromatic nitrogens is 1. The molecule has 3 rings (SSSR count). The van der Waals surface area contributed by atoms with Crippen LogP contribution in [-0.2, 0) is 21.2 Å². The lowest BCUT2D eigenvalue weighted by Crippen LogP contribution is -2.30. The maximum atomic E-state index is 12.4. The maximum Gasteiger partial charge on any atom is 0.251 e. The largest absolute Gasteiger partial charge is 0.345 e. The van der Waals surface area contributed by atoms with Crippen molar-refractivity contribution in [3.05, 3.63) is 69.0 Å². The smallest absolute Gasteiger partial charge is 0.251 e. The number of hydrogen-bond donors (Lipinski definition) is 1. The Kier molecular flexibility index (Phi) is 7.37. The maximum absolute atomic E-state index is 12.4. The summed E-state index contributed by atoms with van der Waals surface area (Å²) in [6, 6.07) is 13.4. The molecule has 0 atom stereocenters. The molecule has 1 aromatic heterocycles. The molecule has 1 heterocycles. The van der Waals surface area contributed by atoms with Crippen LogP contribution >= 0.6 is 27.3 Å². The molecule has 1 amide bonds. The third-order valence-corrected chi connectivity index (χ3v) is 7.49. The van der Waals surface area contributed by atoms with Gasteiger partial charge in [-0.15, -0.1) is 11.3 Å². The Bertz CT molecular complexity index is 1220. The van der Waals surface area contributed by atoms with Gasteiger partial charge in [-0.2, -0.15) is 0 Å². The fourth-order valence-electron chi connectivity index (χ4n) is 2.69. The fourth-order valence-corrected chi connectivity index (χ4v) is 4.87. The van der Waals surface area contributed by atoms with E-state index >= 15 is 0 Å². The molecule has 0 spiro atoms. The SMILES string of the molecule is CN(C)S(=O)(=O)c1cccc(C(=O)NCC(=O)Cc2nc(-c3cccc(Br)c3)cs2)c1. The number of nitrogens with zero attached hydrogens (tertiary/aromatic N) is 2. The van der Waals surface area contributed by atoms with E-state index in [0.29, 0.717) is 5.01 Å². The summed E-state index contributed by atoms with van der Waals surface area (Å²) in [5, 5.41) is 5.10. The van der Waals surface area contributed by atoms with Gasteiger partial charge in [0.15, 0.2) is 5.78 Å². The Balaban J connectivity index is 1.60. The number of benzene rings is 2. The minimum absolute atomic E-state index is 0.0133. The molecule has 1 N–H and O–H groups in total. The lowest BCUT2D eigenvalue weighted by molar-refractivity contribution is -0.117. The molecule has 3 aromatic rings. The first-order chi connectivity index (χ1) is 14.7. The van der Waals surface area contributed by atoms with Crippen LogP contribution in [-0.4, -0.2) is 50.0 Å². The molecule has 0 bridgehead atoms. The van der Waals surface area contributed by atoms with Crippen LogP contribution in [0.3, 0.4) is 0 Å². The van der Waals surface area contributed by atoms with Crippen molar-refractivity contribution in [1.82, 2.24) is 14.6 Å². The highest BCUT2D eigenvalue weighted by atomic mass is 79.9. The number of hydrogen-bond acceptors (Lipinski definition) is 6. The normalized spacial score (nSPS) is 11.5. The van der Waals surface area contributed by atoms with Crippen LogP contribution in [0, 0.1) is 0 Å². The van der Waals surface area contributed by atoms with E-state index in [1.165, 1.54) is 49.7 Å². The van der Waals surface area contributed by atoms with Gasteiger partial charge in [0.05, 0.1) is 23.6 Å². The summed E-state index contributed by atoms with van der Waals surface area (Å²) in [5.74, 6) is -0.710. The van der Waals surface area contributed by atoms with Gasteiger partial charge in [0.2, 0.25) is 10.0 Å². The molecule has 0 saturated heterocycles. The second kappa shape index (κ2) is 9.82. The molecule has 0 unspecified atom stereocenters. The molecule has 31 heavy (non-hydrogen) atoms. The van der Waals surface area contributed by atoms with Gasteiger partial charge in [0.25, 0.3) is 5.91 Å². The third kappa shape index (κ3) is 5.85. The first kappa shape index (κ1) is 23.3. The van der Waals surface area contributed by atoms with E-state index in [9.17, 15) is 18.0 Å². The molecular formula is C21H20BrN3O4S2. The molecule has 0 aliphatic carbocycles. The first-order valence-electron chi connectivity index (χ1n) is 9.19. The van der Waals surface area contributed by atoms with Crippen molar-refractivity contribution in [1.29, 1.82) is 0 Å². The number of amides is 1. The minimum Gasteiger partial charge on any atom is -0.345 e. The van der Waals surface area contributed by atoms with Crippen molar-refractivity contribution in [2.45, 2.75) is 11.3 Å². The van der Waals surface area contributed by atoms with Crippen LogP contribution in [0.2, 0.25) is 0 Å². The Morgan fingerprint density at radius 3 is 2.58 bits per heavy atom. The molecule has 0 saturated carbocycles. The van der Waals surface area contributed by atoms with Crippen LogP contribution in [0.4, 0.5) is 0 Å². The van der Waals surface area contributed by atoms with Crippen molar-refractivity contribution in [3.63, 3.8) is 0 Å². The highest BCUT2D eigenvalue weighted by Gasteiger charge is 2.19. The van der Waals surface area contributed by atoms with Crippen molar-refractivity contribution in [3.8, 4) is 11.3 Å². The lowest BCUT2D eigenvalue weighted by atomic mass is 10.2. The summed E-state index contributed by atoms with van der Waals surface area (Å²) < 4.78 is 26.5. The van der Waals surface area contributed by atoms with E-state index in [4.69, 9.17) is 0 Å². The summed E-state index contributed by atoms with van der Waals surface area (Å²) in [6.07, 6.45) is 0.105. The Hall–Kier alpha value is -2.40. The molecule has 0 aliphatic heterocycles. The molecule has 7 nitrogen and oxygen atoms in total. The van der Waals surface area contributed by atoms with Crippen LogP contribution in [0.5, 0.6) is 0 Å². The van der Waals surface area contributed by atoms with E-state index in [1.54, 1.807) is 0 Å². The fraction of sp³-hybridized carbons (Fsp3) is 0.190. The molecule has 10 heteroatoms. The van der Waals surface area contributed by atoms with Gasteiger partial charge in [-0.25, -0.2) is 17.7 Å². The van der Waals surface area contributed by atoms with Gasteiger partial charge in [-0.3, -0.25) is 9.59 Å². The molecular weight excluding hydrogens is 502 g/mol. The monoisotopic (exact) mass is 521 g/mol. The van der Waals surface area contributed by atoms with Crippen molar-refractivity contribution < 1.29 is 18.0 Å². The van der Waals surface area contributed by atoms with Crippen LogP contribution in [0.15, 0.2) is 63.3 Å². The highest BCUT2D eigenvalue weighted by molar-refractivity contribution is 9.10. The summed E-state index contributed by atoms with van der Waals surface area (Å²) in [6.45, 7) is -0.171. The van der Waals surface area contributed by atoms with Crippen LogP contribution in [0.1, 0.15) is 15.4 Å². The molecule has 0 fully saturated rings. The predicted octanol–water partition coefficient (Wildman–Crippen LogP) is 3.36. The Morgan fingerprint density at radius 1 is 1.13 bits per heavy atom. The summed E-state index contributed by atoms with van der Waals surface area (Å²) in [4.78, 5) is 29.2. The number of Topliss-reactive ketones (excluding diaryl/α,β-unsaturated/α-hetero) is 1. The quantitative estimate of drug-likeness (QED) is 0.490. The van der Waals surface area contributed by atoms with Gasteiger partial charge in [0, 0.05) is 35.1 Å². The Labute approximate surface area is 193 Å². The van der Waals surface area contributed by atoms with Gasteiger partial charge < -0.3 is 5.32 Å². The van der Waals surface area contributed by atoms with Gasteiger partial charge in [-0.1, -0.05) is 34.1 Å². The van der Waals surface area contributed by atoms with Gasteiger partial charge in [0.1, 0.15) is 5.01 Å². The number of sulfonamides is 1. The van der Waals surface area contributed by atoms with E-state index in [-0.39, 0.29) is 29.2 Å². The summed E-state index contributed by atoms with van der Waals surface area (Å²) >= 11 is 4.81. The number of thiazole rings is 1. The standard InChI is InChI=1S/C21H20BrN3O4S2/c1-25(2)31(28,29)18-8-4-6-15(10-18)21(27)23-12-17(26)11-20-24-19(13-30-20)14-5-3-7-16(22)9-14/h3-10,13H,11-12H2,1-2H3,(H,23,27). The summed E-state index contributed by atoms with van der Waals surface area (Å²) in [7, 11) is -0.816. The van der Waals surface area contributed by atoms with E-state index in [2.05, 4.69) is 26.2 Å². The zero-order valence-corrected chi connectivity index (χ0v) is 20.1. The lowest BCUT2D eigenvalue weighted by Gasteiger charge is -2.12. The number of ketones is 1. The average molecular weight is 522 g/mol. The molecule has 0 aliphatic rings.